The van der Waals surface area contributed by atoms with Crippen LogP contribution in [0.4, 0.5) is 11.5 Å². The van der Waals surface area contributed by atoms with Crippen molar-refractivity contribution in [2.24, 2.45) is 0 Å². The summed E-state index contributed by atoms with van der Waals surface area (Å²) in [4.78, 5) is 12.2. The van der Waals surface area contributed by atoms with Crippen molar-refractivity contribution in [2.75, 3.05) is 30.6 Å². The molecule has 0 saturated heterocycles. The first-order valence-electron chi connectivity index (χ1n) is 9.35. The van der Waals surface area contributed by atoms with E-state index in [1.54, 1.807) is 32.4 Å². The molecule has 3 rings (SSSR count). The van der Waals surface area contributed by atoms with Crippen LogP contribution in [0.1, 0.15) is 11.1 Å². The van der Waals surface area contributed by atoms with Gasteiger partial charge in [-0.15, -0.1) is 10.2 Å². The Morgan fingerprint density at radius 2 is 1.73 bits per heavy atom. The van der Waals surface area contributed by atoms with Gasteiger partial charge in [-0.25, -0.2) is 0 Å². The van der Waals surface area contributed by atoms with Crippen molar-refractivity contribution in [3.05, 3.63) is 65.7 Å². The first-order valence-corrected chi connectivity index (χ1v) is 10.3. The standard InChI is InChI=1S/C22H24N4O3S/c1-15-4-6-16(7-5-15)13-23-20-10-11-22(26-25-20)30-14-21(27)24-17-8-9-18(28-2)19(12-17)29-3/h4-12H,13-14H2,1-3H3,(H,23,25)(H,24,27). The lowest BCUT2D eigenvalue weighted by molar-refractivity contribution is -0.113. The van der Waals surface area contributed by atoms with Crippen LogP contribution in [0.2, 0.25) is 0 Å². The largest absolute Gasteiger partial charge is 0.493 e. The lowest BCUT2D eigenvalue weighted by Crippen LogP contribution is -2.14. The van der Waals surface area contributed by atoms with Gasteiger partial charge in [-0.05, 0) is 36.8 Å². The molecule has 2 aromatic carbocycles. The fourth-order valence-electron chi connectivity index (χ4n) is 2.64. The van der Waals surface area contributed by atoms with Crippen LogP contribution >= 0.6 is 11.8 Å². The van der Waals surface area contributed by atoms with Crippen LogP contribution in [0, 0.1) is 6.92 Å². The van der Waals surface area contributed by atoms with Crippen molar-refractivity contribution in [2.45, 2.75) is 18.5 Å². The molecule has 30 heavy (non-hydrogen) atoms. The number of hydrogen-bond donors (Lipinski definition) is 2. The minimum absolute atomic E-state index is 0.143. The minimum Gasteiger partial charge on any atom is -0.493 e. The SMILES string of the molecule is COc1ccc(NC(=O)CSc2ccc(NCc3ccc(C)cc3)nn2)cc1OC. The number of nitrogens with zero attached hydrogens (tertiary/aromatic N) is 2. The molecule has 0 atom stereocenters. The molecule has 1 heterocycles. The first-order chi connectivity index (χ1) is 14.6. The lowest BCUT2D eigenvalue weighted by Gasteiger charge is -2.10. The van der Waals surface area contributed by atoms with E-state index in [0.29, 0.717) is 34.6 Å². The summed E-state index contributed by atoms with van der Waals surface area (Å²) in [5.41, 5.74) is 3.04. The van der Waals surface area contributed by atoms with E-state index in [4.69, 9.17) is 9.47 Å². The number of thioether (sulfide) groups is 1. The van der Waals surface area contributed by atoms with Crippen LogP contribution in [0.5, 0.6) is 11.5 Å². The summed E-state index contributed by atoms with van der Waals surface area (Å²) in [6.07, 6.45) is 0. The monoisotopic (exact) mass is 424 g/mol. The second-order valence-electron chi connectivity index (χ2n) is 6.50. The highest BCUT2D eigenvalue weighted by Gasteiger charge is 2.09. The molecule has 0 radical (unpaired) electrons. The maximum Gasteiger partial charge on any atom is 0.234 e. The quantitative estimate of drug-likeness (QED) is 0.499. The molecule has 0 unspecified atom stereocenters. The van der Waals surface area contributed by atoms with Crippen LogP contribution in [0.3, 0.4) is 0 Å². The van der Waals surface area contributed by atoms with Crippen molar-refractivity contribution in [3.8, 4) is 11.5 Å². The number of carbonyl (C=O) groups excluding carboxylic acids is 1. The highest BCUT2D eigenvalue weighted by Crippen LogP contribution is 2.29. The summed E-state index contributed by atoms with van der Waals surface area (Å²) in [7, 11) is 3.12. The van der Waals surface area contributed by atoms with Crippen molar-refractivity contribution in [3.63, 3.8) is 0 Å². The molecule has 1 aromatic heterocycles. The normalized spacial score (nSPS) is 10.4. The second kappa shape index (κ2) is 10.5. The Bertz CT molecular complexity index is 979. The van der Waals surface area contributed by atoms with E-state index in [2.05, 4.69) is 52.0 Å². The van der Waals surface area contributed by atoms with Gasteiger partial charge in [-0.2, -0.15) is 0 Å². The summed E-state index contributed by atoms with van der Waals surface area (Å²) in [5.74, 6) is 1.93. The van der Waals surface area contributed by atoms with Gasteiger partial charge in [0.2, 0.25) is 5.91 Å². The van der Waals surface area contributed by atoms with Gasteiger partial charge in [0.25, 0.3) is 0 Å². The number of benzene rings is 2. The van der Waals surface area contributed by atoms with Gasteiger partial charge in [0, 0.05) is 18.3 Å². The third-order valence-corrected chi connectivity index (χ3v) is 5.17. The Hall–Kier alpha value is -3.26. The van der Waals surface area contributed by atoms with Crippen LogP contribution in [0.15, 0.2) is 59.6 Å². The molecule has 156 valence electrons. The van der Waals surface area contributed by atoms with E-state index in [1.807, 2.05) is 12.1 Å². The van der Waals surface area contributed by atoms with Gasteiger partial charge >= 0.3 is 0 Å². The van der Waals surface area contributed by atoms with Crippen LogP contribution in [-0.4, -0.2) is 36.1 Å². The van der Waals surface area contributed by atoms with Gasteiger partial charge in [-0.1, -0.05) is 41.6 Å². The Morgan fingerprint density at radius 1 is 0.967 bits per heavy atom. The van der Waals surface area contributed by atoms with Crippen LogP contribution in [0.25, 0.3) is 0 Å². The highest BCUT2D eigenvalue weighted by atomic mass is 32.2. The first kappa shape index (κ1) is 21.4. The van der Waals surface area contributed by atoms with E-state index in [9.17, 15) is 4.79 Å². The third-order valence-electron chi connectivity index (χ3n) is 4.25. The van der Waals surface area contributed by atoms with E-state index in [-0.39, 0.29) is 11.7 Å². The second-order valence-corrected chi connectivity index (χ2v) is 7.50. The van der Waals surface area contributed by atoms with E-state index < -0.39 is 0 Å². The number of amides is 1. The van der Waals surface area contributed by atoms with E-state index in [0.717, 1.165) is 0 Å². The van der Waals surface area contributed by atoms with Gasteiger partial charge in [0.05, 0.1) is 20.0 Å². The maximum absolute atomic E-state index is 12.2. The predicted molar refractivity (Wildman–Crippen MR) is 119 cm³/mol. The Morgan fingerprint density at radius 3 is 2.40 bits per heavy atom. The number of aromatic nitrogens is 2. The molecule has 1 amide bonds. The van der Waals surface area contributed by atoms with Gasteiger partial charge in [0.15, 0.2) is 11.5 Å². The number of anilines is 2. The number of carbonyl (C=O) groups is 1. The zero-order chi connectivity index (χ0) is 21.3. The topological polar surface area (TPSA) is 85.4 Å². The molecule has 0 aliphatic carbocycles. The van der Waals surface area contributed by atoms with Gasteiger partial charge in [-0.3, -0.25) is 4.79 Å². The lowest BCUT2D eigenvalue weighted by atomic mass is 10.1. The van der Waals surface area contributed by atoms with Gasteiger partial charge in [0.1, 0.15) is 10.8 Å². The fraction of sp³-hybridized carbons (Fsp3) is 0.227. The summed E-state index contributed by atoms with van der Waals surface area (Å²) in [6.45, 7) is 2.74. The summed E-state index contributed by atoms with van der Waals surface area (Å²) in [6, 6.07) is 17.2. The minimum atomic E-state index is -0.143. The summed E-state index contributed by atoms with van der Waals surface area (Å²) in [5, 5.41) is 15.1. The van der Waals surface area contributed by atoms with Crippen LogP contribution < -0.4 is 20.1 Å². The highest BCUT2D eigenvalue weighted by molar-refractivity contribution is 7.99. The molecule has 8 heteroatoms. The number of nitrogens with one attached hydrogen (secondary N) is 2. The smallest absolute Gasteiger partial charge is 0.234 e. The van der Waals surface area contributed by atoms with E-state index in [1.165, 1.54) is 22.9 Å². The molecule has 0 spiro atoms. The molecule has 0 aliphatic rings. The molecule has 0 bridgehead atoms. The Balaban J connectivity index is 1.47. The third kappa shape index (κ3) is 6.12. The summed E-state index contributed by atoms with van der Waals surface area (Å²) >= 11 is 1.32. The van der Waals surface area contributed by atoms with Crippen molar-refractivity contribution >= 4 is 29.2 Å². The average Bonchev–Trinajstić information content (AvgIpc) is 2.78. The molecule has 0 saturated carbocycles. The number of hydrogen-bond acceptors (Lipinski definition) is 7. The number of ether oxygens (including phenoxy) is 2. The van der Waals surface area contributed by atoms with Gasteiger partial charge < -0.3 is 20.1 Å². The molecular formula is C22H24N4O3S. The zero-order valence-corrected chi connectivity index (χ0v) is 18.0. The molecule has 3 aromatic rings. The molecule has 7 nitrogen and oxygen atoms in total. The molecule has 2 N–H and O–H groups in total. The average molecular weight is 425 g/mol. The maximum atomic E-state index is 12.2. The van der Waals surface area contributed by atoms with Crippen molar-refractivity contribution in [1.82, 2.24) is 10.2 Å². The van der Waals surface area contributed by atoms with E-state index >= 15 is 0 Å². The number of aryl methyl sites for hydroxylation is 1. The Kier molecular flexibility index (Phi) is 7.51. The Labute approximate surface area is 180 Å². The molecular weight excluding hydrogens is 400 g/mol. The fourth-order valence-corrected chi connectivity index (χ4v) is 3.25. The molecule has 0 fully saturated rings. The number of rotatable bonds is 9. The predicted octanol–water partition coefficient (Wildman–Crippen LogP) is 4.15. The van der Waals surface area contributed by atoms with Crippen molar-refractivity contribution in [1.29, 1.82) is 0 Å². The number of methoxy groups -OCH3 is 2. The zero-order valence-electron chi connectivity index (χ0n) is 17.1. The van der Waals surface area contributed by atoms with Crippen LogP contribution in [-0.2, 0) is 11.3 Å². The van der Waals surface area contributed by atoms with Crippen molar-refractivity contribution < 1.29 is 14.3 Å². The molecule has 0 aliphatic heterocycles. The summed E-state index contributed by atoms with van der Waals surface area (Å²) < 4.78 is 10.4.